The first kappa shape index (κ1) is 7.33. The second-order valence-corrected chi connectivity index (χ2v) is 3.66. The first-order valence-corrected chi connectivity index (χ1v) is 4.05. The van der Waals surface area contributed by atoms with E-state index in [0.717, 1.165) is 5.41 Å². The summed E-state index contributed by atoms with van der Waals surface area (Å²) in [6.45, 7) is 0. The van der Waals surface area contributed by atoms with E-state index in [0.29, 0.717) is 0 Å². The predicted octanol–water partition coefficient (Wildman–Crippen LogP) is 1.23. The van der Waals surface area contributed by atoms with E-state index in [1.165, 1.54) is 12.2 Å². The highest BCUT2D eigenvalue weighted by molar-refractivity contribution is 8.30. The lowest BCUT2D eigenvalue weighted by Crippen LogP contribution is -2.05. The second kappa shape index (κ2) is 2.12. The Bertz CT molecular complexity index is 228. The number of carboxylic acids is 1. The van der Waals surface area contributed by atoms with Gasteiger partial charge in [-0.15, -0.1) is 10.6 Å². The topological polar surface area (TPSA) is 77.8 Å². The van der Waals surface area contributed by atoms with Crippen molar-refractivity contribution in [3.8, 4) is 0 Å². The minimum absolute atomic E-state index is 0.340. The lowest BCUT2D eigenvalue weighted by molar-refractivity contribution is -0.131. The van der Waals surface area contributed by atoms with Crippen LogP contribution in [0, 0.1) is 0 Å². The van der Waals surface area contributed by atoms with Gasteiger partial charge in [0, 0.05) is 5.41 Å². The number of allylic oxidation sites excluding steroid dienone is 2. The summed E-state index contributed by atoms with van der Waals surface area (Å²) in [5, 5.41) is 9.42. The zero-order chi connectivity index (χ0) is 7.78. The van der Waals surface area contributed by atoms with Crippen LogP contribution >= 0.6 is 10.6 Å². The van der Waals surface area contributed by atoms with Gasteiger partial charge in [-0.3, -0.25) is 9.11 Å². The van der Waals surface area contributed by atoms with Gasteiger partial charge in [-0.1, -0.05) is 0 Å². The molecular weight excluding hydrogens is 156 g/mol. The third kappa shape index (κ3) is 1.06. The number of aliphatic carboxylic acids is 1. The van der Waals surface area contributed by atoms with Gasteiger partial charge in [0.1, 0.15) is 4.91 Å². The standard InChI is InChI=1S/C5H6O4S/c6-5(7)4-2-1-3-10(4,8)9/h1-3,8-9H,(H,6,7). The molecule has 1 aliphatic rings. The van der Waals surface area contributed by atoms with Crippen LogP contribution in [0.15, 0.2) is 22.5 Å². The summed E-state index contributed by atoms with van der Waals surface area (Å²) < 4.78 is 17.9. The fraction of sp³-hybridized carbons (Fsp3) is 0. The van der Waals surface area contributed by atoms with Gasteiger partial charge < -0.3 is 5.11 Å². The van der Waals surface area contributed by atoms with Crippen LogP contribution in [0.25, 0.3) is 0 Å². The first-order valence-electron chi connectivity index (χ1n) is 2.44. The minimum atomic E-state index is -3.11. The molecule has 10 heavy (non-hydrogen) atoms. The smallest absolute Gasteiger partial charge is 0.352 e. The van der Waals surface area contributed by atoms with E-state index >= 15 is 0 Å². The molecule has 1 rings (SSSR count). The molecule has 0 unspecified atom stereocenters. The lowest BCUT2D eigenvalue weighted by atomic mass is 10.5. The third-order valence-electron chi connectivity index (χ3n) is 1.05. The van der Waals surface area contributed by atoms with E-state index in [1.807, 2.05) is 0 Å². The fourth-order valence-electron chi connectivity index (χ4n) is 0.609. The van der Waals surface area contributed by atoms with Crippen LogP contribution in [0.2, 0.25) is 0 Å². The quantitative estimate of drug-likeness (QED) is 0.542. The van der Waals surface area contributed by atoms with Gasteiger partial charge >= 0.3 is 5.97 Å². The number of hydrogen-bond donors (Lipinski definition) is 3. The Kier molecular flexibility index (Phi) is 1.55. The fourth-order valence-corrected chi connectivity index (χ4v) is 1.59. The van der Waals surface area contributed by atoms with Crippen molar-refractivity contribution in [2.75, 3.05) is 0 Å². The van der Waals surface area contributed by atoms with Crippen LogP contribution in [0.4, 0.5) is 0 Å². The molecule has 5 heteroatoms. The van der Waals surface area contributed by atoms with E-state index in [-0.39, 0.29) is 4.91 Å². The van der Waals surface area contributed by atoms with E-state index in [9.17, 15) is 4.79 Å². The predicted molar refractivity (Wildman–Crippen MR) is 37.7 cm³/mol. The average molecular weight is 162 g/mol. The molecule has 0 radical (unpaired) electrons. The van der Waals surface area contributed by atoms with Crippen molar-refractivity contribution in [1.29, 1.82) is 0 Å². The number of rotatable bonds is 1. The first-order chi connectivity index (χ1) is 4.54. The van der Waals surface area contributed by atoms with Crippen molar-refractivity contribution in [2.24, 2.45) is 0 Å². The van der Waals surface area contributed by atoms with Gasteiger partial charge in [-0.05, 0) is 12.2 Å². The molecule has 4 nitrogen and oxygen atoms in total. The molecule has 3 N–H and O–H groups in total. The number of hydrogen-bond acceptors (Lipinski definition) is 3. The van der Waals surface area contributed by atoms with Crippen LogP contribution in [-0.4, -0.2) is 20.2 Å². The Morgan fingerprint density at radius 2 is 2.10 bits per heavy atom. The number of carboxylic acid groups (broad SMARTS) is 1. The van der Waals surface area contributed by atoms with E-state index < -0.39 is 16.6 Å². The summed E-state index contributed by atoms with van der Waals surface area (Å²) in [6, 6.07) is 0. The highest BCUT2D eigenvalue weighted by Crippen LogP contribution is 2.52. The third-order valence-corrected chi connectivity index (χ3v) is 2.55. The molecule has 1 heterocycles. The summed E-state index contributed by atoms with van der Waals surface area (Å²) in [4.78, 5) is 9.87. The summed E-state index contributed by atoms with van der Waals surface area (Å²) >= 11 is 0. The Labute approximate surface area is 58.8 Å². The number of carbonyl (C=O) groups is 1. The van der Waals surface area contributed by atoms with Crippen LogP contribution in [0.1, 0.15) is 0 Å². The summed E-state index contributed by atoms with van der Waals surface area (Å²) in [7, 11) is -3.11. The molecular formula is C5H6O4S. The van der Waals surface area contributed by atoms with Crippen molar-refractivity contribution < 1.29 is 19.0 Å². The van der Waals surface area contributed by atoms with Crippen molar-refractivity contribution in [3.05, 3.63) is 22.5 Å². The molecule has 0 atom stereocenters. The summed E-state index contributed by atoms with van der Waals surface area (Å²) in [5.74, 6) is -1.29. The Balaban J connectivity index is 2.93. The van der Waals surface area contributed by atoms with Crippen LogP contribution in [0.5, 0.6) is 0 Å². The molecule has 0 fully saturated rings. The minimum Gasteiger partial charge on any atom is -0.477 e. The lowest BCUT2D eigenvalue weighted by Gasteiger charge is -2.24. The molecule has 0 aromatic carbocycles. The van der Waals surface area contributed by atoms with Gasteiger partial charge in [-0.2, -0.15) is 0 Å². The average Bonchev–Trinajstić information content (AvgIpc) is 2.08. The molecule has 0 aromatic rings. The van der Waals surface area contributed by atoms with Crippen LogP contribution < -0.4 is 0 Å². The van der Waals surface area contributed by atoms with Gasteiger partial charge in [-0.25, -0.2) is 4.79 Å². The van der Waals surface area contributed by atoms with Gasteiger partial charge in [0.2, 0.25) is 0 Å². The molecule has 0 bridgehead atoms. The van der Waals surface area contributed by atoms with Crippen molar-refractivity contribution >= 4 is 16.6 Å². The van der Waals surface area contributed by atoms with Crippen molar-refractivity contribution in [2.45, 2.75) is 0 Å². The summed E-state index contributed by atoms with van der Waals surface area (Å²) in [5.41, 5.74) is 0. The largest absolute Gasteiger partial charge is 0.477 e. The highest BCUT2D eigenvalue weighted by Gasteiger charge is 2.24. The van der Waals surface area contributed by atoms with Gasteiger partial charge in [0.05, 0.1) is 0 Å². The van der Waals surface area contributed by atoms with E-state index in [4.69, 9.17) is 14.2 Å². The zero-order valence-corrected chi connectivity index (χ0v) is 5.71. The monoisotopic (exact) mass is 162 g/mol. The second-order valence-electron chi connectivity index (χ2n) is 1.76. The SMILES string of the molecule is O=C(O)C1=CC=CS1(O)O. The Morgan fingerprint density at radius 3 is 2.30 bits per heavy atom. The Morgan fingerprint density at radius 1 is 1.50 bits per heavy atom. The van der Waals surface area contributed by atoms with Crippen molar-refractivity contribution in [3.63, 3.8) is 0 Å². The maximum Gasteiger partial charge on any atom is 0.352 e. The van der Waals surface area contributed by atoms with Crippen LogP contribution in [-0.2, 0) is 4.79 Å². The maximum absolute atomic E-state index is 10.2. The zero-order valence-electron chi connectivity index (χ0n) is 4.89. The molecule has 0 saturated carbocycles. The molecule has 0 aliphatic carbocycles. The molecule has 0 aromatic heterocycles. The molecule has 0 saturated heterocycles. The van der Waals surface area contributed by atoms with E-state index in [2.05, 4.69) is 0 Å². The maximum atomic E-state index is 10.2. The van der Waals surface area contributed by atoms with Gasteiger partial charge in [0.15, 0.2) is 0 Å². The Hall–Kier alpha value is -0.780. The molecule has 0 amide bonds. The van der Waals surface area contributed by atoms with Crippen molar-refractivity contribution in [1.82, 2.24) is 0 Å². The molecule has 56 valence electrons. The summed E-state index contributed by atoms with van der Waals surface area (Å²) in [6.07, 6.45) is 2.50. The molecule has 0 spiro atoms. The molecule has 1 aliphatic heterocycles. The highest BCUT2D eigenvalue weighted by atomic mass is 32.3. The van der Waals surface area contributed by atoms with Crippen LogP contribution in [0.3, 0.4) is 0 Å². The normalized spacial score (nSPS) is 24.0. The van der Waals surface area contributed by atoms with Gasteiger partial charge in [0.25, 0.3) is 0 Å². The van der Waals surface area contributed by atoms with E-state index in [1.54, 1.807) is 0 Å².